The second-order valence-corrected chi connectivity index (χ2v) is 9.05. The quantitative estimate of drug-likeness (QED) is 0.683. The monoisotopic (exact) mass is 451 g/mol. The second kappa shape index (κ2) is 8.06. The Balaban J connectivity index is 1.34. The fraction of sp³-hybridized carbons (Fsp3) is 0.333. The Labute approximate surface area is 190 Å². The first-order valence-electron chi connectivity index (χ1n) is 10.7. The number of nitrogens with zero attached hydrogens (tertiary/aromatic N) is 1. The van der Waals surface area contributed by atoms with Crippen LogP contribution in [-0.2, 0) is 16.1 Å². The minimum Gasteiger partial charge on any atom is -0.345 e. The molecular formula is C24H22ClN3O4. The van der Waals surface area contributed by atoms with E-state index in [4.69, 9.17) is 11.6 Å². The van der Waals surface area contributed by atoms with Crippen molar-refractivity contribution in [1.82, 2.24) is 15.5 Å². The molecule has 0 spiro atoms. The van der Waals surface area contributed by atoms with E-state index < -0.39 is 11.9 Å². The van der Waals surface area contributed by atoms with E-state index in [2.05, 4.69) is 10.6 Å². The van der Waals surface area contributed by atoms with E-state index in [1.807, 2.05) is 24.3 Å². The van der Waals surface area contributed by atoms with E-state index in [9.17, 15) is 19.2 Å². The maximum absolute atomic E-state index is 13.1. The van der Waals surface area contributed by atoms with Crippen LogP contribution in [0.15, 0.2) is 42.5 Å². The zero-order valence-corrected chi connectivity index (χ0v) is 18.0. The summed E-state index contributed by atoms with van der Waals surface area (Å²) in [6.45, 7) is 0.238. The molecule has 7 nitrogen and oxygen atoms in total. The molecule has 0 aromatic heterocycles. The number of piperidine rings is 1. The molecule has 2 atom stereocenters. The van der Waals surface area contributed by atoms with E-state index in [1.54, 1.807) is 18.2 Å². The van der Waals surface area contributed by atoms with Gasteiger partial charge in [-0.05, 0) is 66.6 Å². The summed E-state index contributed by atoms with van der Waals surface area (Å²) in [5.74, 6) is -0.849. The molecule has 1 saturated carbocycles. The molecule has 1 unspecified atom stereocenters. The van der Waals surface area contributed by atoms with Gasteiger partial charge in [0.25, 0.3) is 11.8 Å². The molecule has 32 heavy (non-hydrogen) atoms. The average molecular weight is 452 g/mol. The molecule has 164 valence electrons. The number of hydrogen-bond donors (Lipinski definition) is 2. The van der Waals surface area contributed by atoms with E-state index >= 15 is 0 Å². The van der Waals surface area contributed by atoms with E-state index in [-0.39, 0.29) is 36.7 Å². The first-order valence-corrected chi connectivity index (χ1v) is 11.1. The van der Waals surface area contributed by atoms with Gasteiger partial charge in [0.05, 0.1) is 6.04 Å². The van der Waals surface area contributed by atoms with Crippen LogP contribution in [0.1, 0.15) is 63.6 Å². The van der Waals surface area contributed by atoms with Gasteiger partial charge < -0.3 is 10.2 Å². The SMILES string of the molecule is O=C1CCC(N2Cc3cc(C(=O)N[C@H](c4cccc(Cl)c4)C4CC4)ccc3C2=O)C(=O)N1. The summed E-state index contributed by atoms with van der Waals surface area (Å²) in [4.78, 5) is 51.0. The maximum Gasteiger partial charge on any atom is 0.255 e. The predicted octanol–water partition coefficient (Wildman–Crippen LogP) is 2.98. The van der Waals surface area contributed by atoms with Crippen LogP contribution in [0.2, 0.25) is 5.02 Å². The second-order valence-electron chi connectivity index (χ2n) is 8.62. The summed E-state index contributed by atoms with van der Waals surface area (Å²) in [7, 11) is 0. The highest BCUT2D eigenvalue weighted by atomic mass is 35.5. The summed E-state index contributed by atoms with van der Waals surface area (Å²) >= 11 is 6.14. The normalized spacial score (nSPS) is 21.2. The minimum absolute atomic E-state index is 0.115. The Bertz CT molecular complexity index is 1140. The van der Waals surface area contributed by atoms with Crippen LogP contribution in [0.4, 0.5) is 0 Å². The molecule has 1 aliphatic carbocycles. The van der Waals surface area contributed by atoms with Crippen LogP contribution in [0.5, 0.6) is 0 Å². The van der Waals surface area contributed by atoms with Crippen molar-refractivity contribution in [1.29, 1.82) is 0 Å². The van der Waals surface area contributed by atoms with Crippen LogP contribution < -0.4 is 10.6 Å². The molecule has 1 saturated heterocycles. The number of carbonyl (C=O) groups is 4. The van der Waals surface area contributed by atoms with Crippen LogP contribution in [0.3, 0.4) is 0 Å². The number of benzene rings is 2. The highest BCUT2D eigenvalue weighted by molar-refractivity contribution is 6.30. The highest BCUT2D eigenvalue weighted by Crippen LogP contribution is 2.41. The zero-order valence-electron chi connectivity index (χ0n) is 17.3. The van der Waals surface area contributed by atoms with Crippen molar-refractivity contribution in [3.05, 3.63) is 69.7 Å². The molecule has 2 aliphatic heterocycles. The Morgan fingerprint density at radius 1 is 1.09 bits per heavy atom. The number of rotatable bonds is 5. The van der Waals surface area contributed by atoms with Crippen LogP contribution >= 0.6 is 11.6 Å². The molecule has 5 rings (SSSR count). The van der Waals surface area contributed by atoms with Gasteiger partial charge >= 0.3 is 0 Å². The predicted molar refractivity (Wildman–Crippen MR) is 117 cm³/mol. The summed E-state index contributed by atoms with van der Waals surface area (Å²) in [5.41, 5.74) is 2.64. The fourth-order valence-electron chi connectivity index (χ4n) is 4.54. The first-order chi connectivity index (χ1) is 15.4. The Hall–Kier alpha value is -3.19. The van der Waals surface area contributed by atoms with E-state index in [0.717, 1.165) is 18.4 Å². The fourth-order valence-corrected chi connectivity index (χ4v) is 4.74. The number of amides is 4. The first kappa shape index (κ1) is 20.7. The lowest BCUT2D eigenvalue weighted by atomic mass is 10.0. The largest absolute Gasteiger partial charge is 0.345 e. The number of fused-ring (bicyclic) bond motifs is 1. The van der Waals surface area contributed by atoms with Crippen molar-refractivity contribution in [3.8, 4) is 0 Å². The molecule has 3 aliphatic rings. The summed E-state index contributed by atoms with van der Waals surface area (Å²) < 4.78 is 0. The van der Waals surface area contributed by atoms with Gasteiger partial charge in [-0.15, -0.1) is 0 Å². The maximum atomic E-state index is 13.1. The molecule has 2 aromatic carbocycles. The van der Waals surface area contributed by atoms with Gasteiger partial charge in [-0.1, -0.05) is 23.7 Å². The van der Waals surface area contributed by atoms with Gasteiger partial charge in [0.15, 0.2) is 0 Å². The summed E-state index contributed by atoms with van der Waals surface area (Å²) in [6.07, 6.45) is 2.62. The van der Waals surface area contributed by atoms with Gasteiger partial charge in [0, 0.05) is 29.1 Å². The molecule has 0 bridgehead atoms. The topological polar surface area (TPSA) is 95.6 Å². The van der Waals surface area contributed by atoms with Crippen molar-refractivity contribution in [2.45, 2.75) is 44.3 Å². The molecular weight excluding hydrogens is 430 g/mol. The smallest absolute Gasteiger partial charge is 0.255 e. The third-order valence-corrected chi connectivity index (χ3v) is 6.61. The van der Waals surface area contributed by atoms with Gasteiger partial charge in [-0.2, -0.15) is 0 Å². The van der Waals surface area contributed by atoms with Gasteiger partial charge in [0.2, 0.25) is 11.8 Å². The third kappa shape index (κ3) is 3.88. The highest BCUT2D eigenvalue weighted by Gasteiger charge is 2.39. The van der Waals surface area contributed by atoms with Crippen LogP contribution in [0.25, 0.3) is 0 Å². The van der Waals surface area contributed by atoms with Crippen molar-refractivity contribution in [2.24, 2.45) is 5.92 Å². The Morgan fingerprint density at radius 3 is 2.62 bits per heavy atom. The van der Waals surface area contributed by atoms with Crippen molar-refractivity contribution in [2.75, 3.05) is 0 Å². The molecule has 2 N–H and O–H groups in total. The van der Waals surface area contributed by atoms with Gasteiger partial charge in [0.1, 0.15) is 6.04 Å². The molecule has 2 fully saturated rings. The molecule has 4 amide bonds. The van der Waals surface area contributed by atoms with Crippen molar-refractivity contribution < 1.29 is 19.2 Å². The Morgan fingerprint density at radius 2 is 1.91 bits per heavy atom. The third-order valence-electron chi connectivity index (χ3n) is 6.37. The lowest BCUT2D eigenvalue weighted by molar-refractivity contribution is -0.136. The van der Waals surface area contributed by atoms with Crippen LogP contribution in [0, 0.1) is 5.92 Å². The van der Waals surface area contributed by atoms with E-state index in [0.29, 0.717) is 34.1 Å². The lowest BCUT2D eigenvalue weighted by Crippen LogP contribution is -2.52. The molecule has 8 heteroatoms. The van der Waals surface area contributed by atoms with E-state index in [1.165, 1.54) is 4.90 Å². The number of imide groups is 1. The minimum atomic E-state index is -0.674. The van der Waals surface area contributed by atoms with Gasteiger partial charge in [-0.25, -0.2) is 0 Å². The summed E-state index contributed by atoms with van der Waals surface area (Å²) in [6, 6.07) is 11.7. The molecule has 2 aromatic rings. The number of nitrogens with one attached hydrogen (secondary N) is 2. The number of carbonyl (C=O) groups excluding carboxylic acids is 4. The number of halogens is 1. The van der Waals surface area contributed by atoms with Crippen LogP contribution in [-0.4, -0.2) is 34.6 Å². The van der Waals surface area contributed by atoms with Crippen molar-refractivity contribution in [3.63, 3.8) is 0 Å². The number of hydrogen-bond acceptors (Lipinski definition) is 4. The molecule has 2 heterocycles. The lowest BCUT2D eigenvalue weighted by Gasteiger charge is -2.29. The summed E-state index contributed by atoms with van der Waals surface area (Å²) in [5, 5.41) is 6.06. The zero-order chi connectivity index (χ0) is 22.4. The standard InChI is InChI=1S/C24H22ClN3O4/c25-17-3-1-2-14(11-17)21(13-4-5-13)27-22(30)15-6-7-18-16(10-15)12-28(24(18)32)19-8-9-20(29)26-23(19)31/h1-3,6-7,10-11,13,19,21H,4-5,8-9,12H2,(H,27,30)(H,26,29,31)/t19?,21-/m0/s1. The average Bonchev–Trinajstić information content (AvgIpc) is 3.56. The van der Waals surface area contributed by atoms with Crippen molar-refractivity contribution >= 4 is 35.2 Å². The molecule has 0 radical (unpaired) electrons. The Kier molecular flexibility index (Phi) is 5.21. The van der Waals surface area contributed by atoms with Gasteiger partial charge in [-0.3, -0.25) is 24.5 Å².